The van der Waals surface area contributed by atoms with Crippen molar-refractivity contribution >= 4 is 10.0 Å². The summed E-state index contributed by atoms with van der Waals surface area (Å²) in [6, 6.07) is 2.34. The average molecular weight is 300 g/mol. The van der Waals surface area contributed by atoms with Crippen molar-refractivity contribution in [2.24, 2.45) is 5.41 Å². The Morgan fingerprint density at radius 2 is 1.95 bits per heavy atom. The molecule has 5 nitrogen and oxygen atoms in total. The quantitative estimate of drug-likeness (QED) is 0.860. The van der Waals surface area contributed by atoms with Gasteiger partial charge in [-0.2, -0.15) is 5.26 Å². The van der Waals surface area contributed by atoms with Crippen LogP contribution in [0.15, 0.2) is 0 Å². The summed E-state index contributed by atoms with van der Waals surface area (Å²) >= 11 is 0. The second-order valence-corrected chi connectivity index (χ2v) is 8.76. The Balaban J connectivity index is 1.97. The SMILES string of the molecule is CC1(C)CC(S(=O)(=O)NCC2(C#N)CCCCC2)CO1. The van der Waals surface area contributed by atoms with Crippen LogP contribution < -0.4 is 4.72 Å². The fourth-order valence-corrected chi connectivity index (χ4v) is 4.68. The Labute approximate surface area is 121 Å². The largest absolute Gasteiger partial charge is 0.374 e. The van der Waals surface area contributed by atoms with Crippen LogP contribution in [-0.2, 0) is 14.8 Å². The van der Waals surface area contributed by atoms with Crippen LogP contribution in [0.25, 0.3) is 0 Å². The van der Waals surface area contributed by atoms with Crippen molar-refractivity contribution < 1.29 is 13.2 Å². The van der Waals surface area contributed by atoms with Crippen LogP contribution in [0.5, 0.6) is 0 Å². The molecule has 0 amide bonds. The van der Waals surface area contributed by atoms with Crippen LogP contribution in [-0.4, -0.2) is 32.4 Å². The zero-order valence-corrected chi connectivity index (χ0v) is 13.1. The summed E-state index contributed by atoms with van der Waals surface area (Å²) in [6.45, 7) is 4.28. The molecular weight excluding hydrogens is 276 g/mol. The summed E-state index contributed by atoms with van der Waals surface area (Å²) in [5, 5.41) is 8.87. The first kappa shape index (κ1) is 15.7. The maximum Gasteiger partial charge on any atom is 0.216 e. The van der Waals surface area contributed by atoms with Crippen LogP contribution in [0.4, 0.5) is 0 Å². The van der Waals surface area contributed by atoms with E-state index in [1.807, 2.05) is 13.8 Å². The molecule has 6 heteroatoms. The molecule has 1 saturated heterocycles. The van der Waals surface area contributed by atoms with E-state index in [2.05, 4.69) is 10.8 Å². The fourth-order valence-electron chi connectivity index (χ4n) is 3.10. The van der Waals surface area contributed by atoms with Gasteiger partial charge in [0.1, 0.15) is 5.25 Å². The van der Waals surface area contributed by atoms with Gasteiger partial charge in [0.05, 0.1) is 23.7 Å². The van der Waals surface area contributed by atoms with Crippen LogP contribution in [0.1, 0.15) is 52.4 Å². The number of ether oxygens (including phenoxy) is 1. The second-order valence-electron chi connectivity index (χ2n) is 6.72. The van der Waals surface area contributed by atoms with E-state index in [0.717, 1.165) is 32.1 Å². The van der Waals surface area contributed by atoms with Crippen molar-refractivity contribution in [1.82, 2.24) is 4.72 Å². The van der Waals surface area contributed by atoms with Crippen molar-refractivity contribution in [3.05, 3.63) is 0 Å². The molecule has 0 radical (unpaired) electrons. The van der Waals surface area contributed by atoms with E-state index in [-0.39, 0.29) is 18.8 Å². The number of nitriles is 1. The molecule has 1 heterocycles. The van der Waals surface area contributed by atoms with E-state index in [9.17, 15) is 13.7 Å². The van der Waals surface area contributed by atoms with Gasteiger partial charge in [-0.1, -0.05) is 19.3 Å². The zero-order chi connectivity index (χ0) is 14.9. The summed E-state index contributed by atoms with van der Waals surface area (Å²) < 4.78 is 32.8. The molecule has 0 spiro atoms. The smallest absolute Gasteiger partial charge is 0.216 e. The summed E-state index contributed by atoms with van der Waals surface area (Å²) in [5.41, 5.74) is -0.891. The summed E-state index contributed by atoms with van der Waals surface area (Å²) in [7, 11) is -3.40. The van der Waals surface area contributed by atoms with E-state index in [4.69, 9.17) is 4.74 Å². The first-order valence-corrected chi connectivity index (χ1v) is 8.87. The molecule has 114 valence electrons. The predicted octanol–water partition coefficient (Wildman–Crippen LogP) is 1.95. The lowest BCUT2D eigenvalue weighted by Crippen LogP contribution is -2.42. The Kier molecular flexibility index (Phi) is 4.43. The lowest BCUT2D eigenvalue weighted by atomic mass is 9.75. The molecule has 2 fully saturated rings. The van der Waals surface area contributed by atoms with Crippen LogP contribution >= 0.6 is 0 Å². The Hall–Kier alpha value is -0.640. The Morgan fingerprint density at radius 3 is 2.45 bits per heavy atom. The van der Waals surface area contributed by atoms with Gasteiger partial charge in [-0.05, 0) is 33.1 Å². The second kappa shape index (κ2) is 5.63. The molecule has 1 atom stereocenters. The molecule has 2 aliphatic rings. The van der Waals surface area contributed by atoms with Crippen LogP contribution in [0.3, 0.4) is 0 Å². The van der Waals surface area contributed by atoms with Crippen LogP contribution in [0.2, 0.25) is 0 Å². The van der Waals surface area contributed by atoms with Crippen molar-refractivity contribution in [3.8, 4) is 6.07 Å². The van der Waals surface area contributed by atoms with Gasteiger partial charge < -0.3 is 4.74 Å². The molecule has 20 heavy (non-hydrogen) atoms. The number of rotatable bonds is 4. The molecular formula is C14H24N2O3S. The average Bonchev–Trinajstić information content (AvgIpc) is 2.79. The van der Waals surface area contributed by atoms with E-state index in [0.29, 0.717) is 6.42 Å². The van der Waals surface area contributed by atoms with Gasteiger partial charge in [0.15, 0.2) is 0 Å². The van der Waals surface area contributed by atoms with Gasteiger partial charge in [0.25, 0.3) is 0 Å². The Bertz CT molecular complexity index is 487. The fraction of sp³-hybridized carbons (Fsp3) is 0.929. The highest BCUT2D eigenvalue weighted by atomic mass is 32.2. The van der Waals surface area contributed by atoms with Gasteiger partial charge in [-0.15, -0.1) is 0 Å². The normalized spacial score (nSPS) is 28.9. The van der Waals surface area contributed by atoms with E-state index in [1.54, 1.807) is 0 Å². The van der Waals surface area contributed by atoms with Gasteiger partial charge >= 0.3 is 0 Å². The third kappa shape index (κ3) is 3.51. The topological polar surface area (TPSA) is 79.2 Å². The molecule has 0 bridgehead atoms. The lowest BCUT2D eigenvalue weighted by molar-refractivity contribution is 0.0367. The molecule has 1 unspecified atom stereocenters. The standard InChI is InChI=1S/C14H24N2O3S/c1-13(2)8-12(9-19-13)20(17,18)16-11-14(10-15)6-4-3-5-7-14/h12,16H,3-9,11H2,1-2H3. The monoisotopic (exact) mass is 300 g/mol. The molecule has 1 saturated carbocycles. The van der Waals surface area contributed by atoms with Gasteiger partial charge in [-0.3, -0.25) is 0 Å². The van der Waals surface area contributed by atoms with Crippen molar-refractivity contribution in [1.29, 1.82) is 5.26 Å². The predicted molar refractivity (Wildman–Crippen MR) is 76.5 cm³/mol. The van der Waals surface area contributed by atoms with Gasteiger partial charge in [-0.25, -0.2) is 13.1 Å². The van der Waals surface area contributed by atoms with Crippen molar-refractivity contribution in [3.63, 3.8) is 0 Å². The van der Waals surface area contributed by atoms with Crippen LogP contribution in [0, 0.1) is 16.7 Å². The molecule has 2 rings (SSSR count). The molecule has 1 aliphatic carbocycles. The third-order valence-electron chi connectivity index (χ3n) is 4.48. The number of nitrogens with zero attached hydrogens (tertiary/aromatic N) is 1. The number of hydrogen-bond donors (Lipinski definition) is 1. The molecule has 1 aliphatic heterocycles. The zero-order valence-electron chi connectivity index (χ0n) is 12.3. The highest BCUT2D eigenvalue weighted by Gasteiger charge is 2.41. The maximum absolute atomic E-state index is 12.3. The van der Waals surface area contributed by atoms with Crippen molar-refractivity contribution in [2.45, 2.75) is 63.2 Å². The minimum absolute atomic E-state index is 0.238. The Morgan fingerprint density at radius 1 is 1.30 bits per heavy atom. The van der Waals surface area contributed by atoms with E-state index < -0.39 is 20.7 Å². The molecule has 0 aromatic rings. The maximum atomic E-state index is 12.3. The highest BCUT2D eigenvalue weighted by Crippen LogP contribution is 2.35. The first-order chi connectivity index (χ1) is 9.29. The van der Waals surface area contributed by atoms with Crippen molar-refractivity contribution in [2.75, 3.05) is 13.2 Å². The van der Waals surface area contributed by atoms with E-state index >= 15 is 0 Å². The number of sulfonamides is 1. The minimum Gasteiger partial charge on any atom is -0.374 e. The van der Waals surface area contributed by atoms with Gasteiger partial charge in [0, 0.05) is 6.54 Å². The first-order valence-electron chi connectivity index (χ1n) is 7.32. The molecule has 1 N–H and O–H groups in total. The highest BCUT2D eigenvalue weighted by molar-refractivity contribution is 7.90. The minimum atomic E-state index is -3.40. The summed E-state index contributed by atoms with van der Waals surface area (Å²) in [6.07, 6.45) is 5.24. The molecule has 0 aromatic carbocycles. The lowest BCUT2D eigenvalue weighted by Gasteiger charge is -2.31. The summed E-state index contributed by atoms with van der Waals surface area (Å²) in [5.74, 6) is 0. The molecule has 0 aromatic heterocycles. The third-order valence-corrected chi connectivity index (χ3v) is 6.20. The summed E-state index contributed by atoms with van der Waals surface area (Å²) in [4.78, 5) is 0. The number of nitrogens with one attached hydrogen (secondary N) is 1. The number of hydrogen-bond acceptors (Lipinski definition) is 4. The van der Waals surface area contributed by atoms with E-state index in [1.165, 1.54) is 0 Å². The van der Waals surface area contributed by atoms with Gasteiger partial charge in [0.2, 0.25) is 10.0 Å².